The molecule has 3 aromatic rings. The van der Waals surface area contributed by atoms with E-state index < -0.39 is 0 Å². The Bertz CT molecular complexity index is 1020. The largest absolute Gasteiger partial charge is 0.206 e. The van der Waals surface area contributed by atoms with Crippen molar-refractivity contribution in [2.24, 2.45) is 0 Å². The molecule has 3 aromatic carbocycles. The maximum atomic E-state index is 14.6. The highest BCUT2D eigenvalue weighted by atomic mass is 19.1. The van der Waals surface area contributed by atoms with Gasteiger partial charge in [0.15, 0.2) is 0 Å². The molecule has 0 aliphatic carbocycles. The second-order valence-electron chi connectivity index (χ2n) is 7.67. The fraction of sp³-hybridized carbons (Fsp3) is 0.214. The third-order valence-corrected chi connectivity index (χ3v) is 5.32. The lowest BCUT2D eigenvalue weighted by atomic mass is 9.93. The van der Waals surface area contributed by atoms with Gasteiger partial charge < -0.3 is 0 Å². The van der Waals surface area contributed by atoms with Gasteiger partial charge in [0.1, 0.15) is 11.6 Å². The zero-order chi connectivity index (χ0) is 21.3. The van der Waals surface area contributed by atoms with Crippen molar-refractivity contribution in [3.63, 3.8) is 0 Å². The highest BCUT2D eigenvalue weighted by Crippen LogP contribution is 2.23. The molecule has 30 heavy (non-hydrogen) atoms. The van der Waals surface area contributed by atoms with Crippen LogP contribution >= 0.6 is 0 Å². The summed E-state index contributed by atoms with van der Waals surface area (Å²) in [5.74, 6) is -0.252. The van der Waals surface area contributed by atoms with Crippen molar-refractivity contribution in [3.8, 4) is 0 Å². The summed E-state index contributed by atoms with van der Waals surface area (Å²) in [5, 5.41) is 0. The van der Waals surface area contributed by atoms with E-state index in [4.69, 9.17) is 0 Å². The van der Waals surface area contributed by atoms with Crippen molar-refractivity contribution >= 4 is 12.2 Å². The molecule has 154 valence electrons. The van der Waals surface area contributed by atoms with E-state index in [1.807, 2.05) is 43.3 Å². The first-order valence-corrected chi connectivity index (χ1v) is 10.5. The Morgan fingerprint density at radius 3 is 2.00 bits per heavy atom. The molecule has 2 heteroatoms. The van der Waals surface area contributed by atoms with Crippen LogP contribution in [-0.4, -0.2) is 0 Å². The topological polar surface area (TPSA) is 0 Å². The monoisotopic (exact) mass is 402 g/mol. The highest BCUT2D eigenvalue weighted by molar-refractivity contribution is 5.70. The van der Waals surface area contributed by atoms with E-state index in [0.717, 1.165) is 30.4 Å². The first-order chi connectivity index (χ1) is 14.6. The Morgan fingerprint density at radius 2 is 1.40 bits per heavy atom. The number of hydrogen-bond donors (Lipinski definition) is 0. The summed E-state index contributed by atoms with van der Waals surface area (Å²) in [7, 11) is 0. The Morgan fingerprint density at radius 1 is 0.800 bits per heavy atom. The van der Waals surface area contributed by atoms with E-state index in [1.165, 1.54) is 5.56 Å². The molecule has 0 spiro atoms. The van der Waals surface area contributed by atoms with E-state index in [2.05, 4.69) is 25.1 Å². The number of halogens is 2. The third kappa shape index (κ3) is 6.00. The summed E-state index contributed by atoms with van der Waals surface area (Å²) in [6.45, 7) is 4.12. The van der Waals surface area contributed by atoms with Gasteiger partial charge >= 0.3 is 0 Å². The Labute approximate surface area is 178 Å². The predicted molar refractivity (Wildman–Crippen MR) is 123 cm³/mol. The lowest BCUT2D eigenvalue weighted by molar-refractivity contribution is 0.619. The highest BCUT2D eigenvalue weighted by Gasteiger charge is 2.08. The van der Waals surface area contributed by atoms with Crippen LogP contribution in [0.1, 0.15) is 54.0 Å². The van der Waals surface area contributed by atoms with Crippen molar-refractivity contribution in [2.45, 2.75) is 39.0 Å². The Hall–Kier alpha value is -3.00. The summed E-state index contributed by atoms with van der Waals surface area (Å²) < 4.78 is 29.0. The average Bonchev–Trinajstić information content (AvgIpc) is 2.75. The molecule has 0 aromatic heterocycles. The van der Waals surface area contributed by atoms with Gasteiger partial charge in [-0.25, -0.2) is 8.78 Å². The van der Waals surface area contributed by atoms with Crippen molar-refractivity contribution < 1.29 is 8.78 Å². The maximum Gasteiger partial charge on any atom is 0.130 e. The van der Waals surface area contributed by atoms with Gasteiger partial charge in [-0.3, -0.25) is 0 Å². The van der Waals surface area contributed by atoms with Crippen molar-refractivity contribution in [1.82, 2.24) is 0 Å². The summed E-state index contributed by atoms with van der Waals surface area (Å²) in [6.07, 6.45) is 9.81. The van der Waals surface area contributed by atoms with Gasteiger partial charge in [-0.1, -0.05) is 85.8 Å². The van der Waals surface area contributed by atoms with Crippen LogP contribution in [0, 0.1) is 11.6 Å². The summed E-state index contributed by atoms with van der Waals surface area (Å²) >= 11 is 0. The van der Waals surface area contributed by atoms with Crippen LogP contribution in [0.3, 0.4) is 0 Å². The van der Waals surface area contributed by atoms with Gasteiger partial charge in [0, 0.05) is 11.1 Å². The number of aryl methyl sites for hydroxylation is 1. The van der Waals surface area contributed by atoms with Gasteiger partial charge in [0.05, 0.1) is 0 Å². The van der Waals surface area contributed by atoms with Crippen LogP contribution in [-0.2, 0) is 12.8 Å². The van der Waals surface area contributed by atoms with Gasteiger partial charge in [0.25, 0.3) is 0 Å². The molecule has 0 heterocycles. The quantitative estimate of drug-likeness (QED) is 0.264. The van der Waals surface area contributed by atoms with Crippen LogP contribution < -0.4 is 0 Å². The minimum Gasteiger partial charge on any atom is -0.206 e. The summed E-state index contributed by atoms with van der Waals surface area (Å²) in [6, 6.07) is 20.8. The SMILES string of the molecule is C/C=C/CCc1ccc(C=Cc2ccc(C[C@@H](C)c3ccccc3)cc2F)c(F)c1. The first kappa shape index (κ1) is 21.7. The standard InChI is InChI=1S/C28H28F2/c1-3-4-6-9-22-12-14-25(27(29)19-22)16-17-26-15-13-23(20-28(26)30)18-21(2)24-10-7-5-8-11-24/h3-5,7-8,10-17,19-21H,6,9,18H2,1-2H3/b4-3+,17-16?/t21-/m1/s1. The molecular formula is C28H28F2. The van der Waals surface area contributed by atoms with E-state index >= 15 is 0 Å². The third-order valence-electron chi connectivity index (χ3n) is 5.32. The van der Waals surface area contributed by atoms with E-state index in [-0.39, 0.29) is 11.6 Å². The molecular weight excluding hydrogens is 374 g/mol. The second kappa shape index (κ2) is 10.7. The minimum atomic E-state index is -0.285. The molecule has 0 saturated heterocycles. The number of benzene rings is 3. The smallest absolute Gasteiger partial charge is 0.130 e. The molecule has 1 atom stereocenters. The first-order valence-electron chi connectivity index (χ1n) is 10.5. The Balaban J connectivity index is 1.67. The van der Waals surface area contributed by atoms with Crippen LogP contribution in [0.25, 0.3) is 12.2 Å². The Kier molecular flexibility index (Phi) is 7.73. The van der Waals surface area contributed by atoms with Crippen LogP contribution in [0.15, 0.2) is 78.9 Å². The number of rotatable bonds is 8. The minimum absolute atomic E-state index is 0.280. The molecule has 0 aliphatic rings. The van der Waals surface area contributed by atoms with Gasteiger partial charge in [-0.15, -0.1) is 0 Å². The van der Waals surface area contributed by atoms with Crippen LogP contribution in [0.4, 0.5) is 8.78 Å². The molecule has 0 amide bonds. The zero-order valence-electron chi connectivity index (χ0n) is 17.6. The van der Waals surface area contributed by atoms with Crippen molar-refractivity contribution in [1.29, 1.82) is 0 Å². The molecule has 0 radical (unpaired) electrons. The molecule has 0 N–H and O–H groups in total. The average molecular weight is 403 g/mol. The second-order valence-corrected chi connectivity index (χ2v) is 7.67. The van der Waals surface area contributed by atoms with Gasteiger partial charge in [0.2, 0.25) is 0 Å². The molecule has 0 unspecified atom stereocenters. The van der Waals surface area contributed by atoms with E-state index in [1.54, 1.807) is 36.4 Å². The molecule has 0 nitrogen and oxygen atoms in total. The van der Waals surface area contributed by atoms with E-state index in [0.29, 0.717) is 17.0 Å². The molecule has 3 rings (SSSR count). The number of hydrogen-bond acceptors (Lipinski definition) is 0. The fourth-order valence-electron chi connectivity index (χ4n) is 3.54. The van der Waals surface area contributed by atoms with Crippen LogP contribution in [0.5, 0.6) is 0 Å². The molecule has 0 saturated carbocycles. The van der Waals surface area contributed by atoms with Crippen molar-refractivity contribution in [2.75, 3.05) is 0 Å². The normalized spacial score (nSPS) is 12.7. The molecule has 0 fully saturated rings. The lowest BCUT2D eigenvalue weighted by Gasteiger charge is -2.12. The van der Waals surface area contributed by atoms with Gasteiger partial charge in [-0.2, -0.15) is 0 Å². The predicted octanol–water partition coefficient (Wildman–Crippen LogP) is 7.99. The zero-order valence-corrected chi connectivity index (χ0v) is 17.6. The molecule has 0 aliphatic heterocycles. The van der Waals surface area contributed by atoms with Gasteiger partial charge in [-0.05, 0) is 60.9 Å². The van der Waals surface area contributed by atoms with E-state index in [9.17, 15) is 8.78 Å². The lowest BCUT2D eigenvalue weighted by Crippen LogP contribution is -1.99. The fourth-order valence-corrected chi connectivity index (χ4v) is 3.54. The van der Waals surface area contributed by atoms with Crippen LogP contribution in [0.2, 0.25) is 0 Å². The summed E-state index contributed by atoms with van der Waals surface area (Å²) in [5.41, 5.74) is 4.09. The summed E-state index contributed by atoms with van der Waals surface area (Å²) in [4.78, 5) is 0. The molecule has 0 bridgehead atoms. The maximum absolute atomic E-state index is 14.6. The van der Waals surface area contributed by atoms with Crippen molar-refractivity contribution in [3.05, 3.63) is 118 Å². The number of allylic oxidation sites excluding steroid dienone is 2.